The summed E-state index contributed by atoms with van der Waals surface area (Å²) in [6.07, 6.45) is 6.15. The van der Waals surface area contributed by atoms with Crippen molar-refractivity contribution < 1.29 is 5.11 Å². The maximum absolute atomic E-state index is 10.2. The summed E-state index contributed by atoms with van der Waals surface area (Å²) in [6.45, 7) is 3.50. The van der Waals surface area contributed by atoms with Crippen LogP contribution in [0.15, 0.2) is 24.7 Å². The van der Waals surface area contributed by atoms with Crippen LogP contribution in [0.3, 0.4) is 0 Å². The van der Waals surface area contributed by atoms with Gasteiger partial charge in [-0.1, -0.05) is 0 Å². The number of hydrogen-bond donors (Lipinski definition) is 2. The zero-order valence-electron chi connectivity index (χ0n) is 16.1. The Morgan fingerprint density at radius 1 is 1.22 bits per heavy atom. The highest BCUT2D eigenvalue weighted by atomic mass is 16.3. The van der Waals surface area contributed by atoms with Crippen LogP contribution >= 0.6 is 0 Å². The van der Waals surface area contributed by atoms with E-state index in [0.29, 0.717) is 12.5 Å². The Hall–Kier alpha value is -2.19. The summed E-state index contributed by atoms with van der Waals surface area (Å²) in [6, 6.07) is 4.44. The number of hydrogen-bond acceptors (Lipinski definition) is 7. The second kappa shape index (κ2) is 7.82. The minimum atomic E-state index is -0.293. The molecule has 0 saturated carbocycles. The van der Waals surface area contributed by atoms with E-state index in [1.807, 2.05) is 6.20 Å². The Kier molecular flexibility index (Phi) is 5.27. The zero-order valence-corrected chi connectivity index (χ0v) is 16.1. The van der Waals surface area contributed by atoms with Crippen LogP contribution in [0, 0.1) is 0 Å². The van der Waals surface area contributed by atoms with Gasteiger partial charge in [0.15, 0.2) is 0 Å². The number of H-pyrrole nitrogens is 1. The molecule has 2 fully saturated rings. The molecular formula is C19H29N7O. The highest BCUT2D eigenvalue weighted by Gasteiger charge is 2.32. The van der Waals surface area contributed by atoms with Crippen LogP contribution in [0.25, 0.3) is 0 Å². The minimum Gasteiger partial charge on any atom is -0.391 e. The molecule has 0 aromatic carbocycles. The number of likely N-dealkylation sites (N-methyl/N-ethyl adjacent to an activating group) is 1. The van der Waals surface area contributed by atoms with Gasteiger partial charge < -0.3 is 19.8 Å². The topological polar surface area (TPSA) is 84.4 Å². The predicted molar refractivity (Wildman–Crippen MR) is 105 cm³/mol. The third kappa shape index (κ3) is 4.06. The molecule has 0 radical (unpaired) electrons. The normalized spacial score (nSPS) is 24.1. The molecule has 146 valence electrons. The van der Waals surface area contributed by atoms with Crippen molar-refractivity contribution in [2.24, 2.45) is 0 Å². The molecule has 0 unspecified atom stereocenters. The van der Waals surface area contributed by atoms with E-state index in [2.05, 4.69) is 61.1 Å². The molecule has 2 aliphatic rings. The highest BCUT2D eigenvalue weighted by Crippen LogP contribution is 2.31. The lowest BCUT2D eigenvalue weighted by atomic mass is 9.94. The van der Waals surface area contributed by atoms with Crippen molar-refractivity contribution in [3.05, 3.63) is 30.4 Å². The summed E-state index contributed by atoms with van der Waals surface area (Å²) >= 11 is 0. The number of anilines is 2. The molecule has 4 heterocycles. The van der Waals surface area contributed by atoms with E-state index >= 15 is 0 Å². The van der Waals surface area contributed by atoms with Gasteiger partial charge in [-0.25, -0.2) is 9.97 Å². The first kappa shape index (κ1) is 18.2. The van der Waals surface area contributed by atoms with Crippen molar-refractivity contribution in [3.8, 4) is 0 Å². The van der Waals surface area contributed by atoms with Crippen molar-refractivity contribution in [2.75, 3.05) is 50.1 Å². The molecule has 2 aromatic rings. The first-order chi connectivity index (χ1) is 13.1. The number of aliphatic hydroxyl groups is 1. The number of aromatic nitrogens is 4. The van der Waals surface area contributed by atoms with E-state index in [1.165, 1.54) is 5.69 Å². The maximum atomic E-state index is 10.2. The second-order valence-electron chi connectivity index (χ2n) is 7.97. The summed E-state index contributed by atoms with van der Waals surface area (Å²) < 4.78 is 0. The van der Waals surface area contributed by atoms with E-state index in [9.17, 15) is 5.11 Å². The molecule has 2 N–H and O–H groups in total. The van der Waals surface area contributed by atoms with Gasteiger partial charge in [-0.3, -0.25) is 5.10 Å². The lowest BCUT2D eigenvalue weighted by Gasteiger charge is -2.33. The molecule has 8 nitrogen and oxygen atoms in total. The van der Waals surface area contributed by atoms with E-state index in [0.717, 1.165) is 50.5 Å². The number of nitrogens with zero attached hydrogens (tertiary/aromatic N) is 6. The van der Waals surface area contributed by atoms with Gasteiger partial charge in [0.1, 0.15) is 18.0 Å². The molecule has 2 aromatic heterocycles. The van der Waals surface area contributed by atoms with Crippen LogP contribution in [0.1, 0.15) is 30.9 Å². The van der Waals surface area contributed by atoms with E-state index in [-0.39, 0.29) is 12.1 Å². The van der Waals surface area contributed by atoms with Crippen molar-refractivity contribution in [1.29, 1.82) is 0 Å². The van der Waals surface area contributed by atoms with Gasteiger partial charge in [-0.15, -0.1) is 0 Å². The second-order valence-corrected chi connectivity index (χ2v) is 7.97. The molecule has 2 atom stereocenters. The SMILES string of the molecule is CN(C)C[C@H]1C[C@@H](O)CN1c1cc(N2CCC(c3ccn[nH]3)CC2)ncn1. The molecule has 4 rings (SSSR count). The molecule has 0 amide bonds. The van der Waals surface area contributed by atoms with Crippen molar-refractivity contribution in [3.63, 3.8) is 0 Å². The Morgan fingerprint density at radius 3 is 2.70 bits per heavy atom. The zero-order chi connectivity index (χ0) is 18.8. The Morgan fingerprint density at radius 2 is 2.00 bits per heavy atom. The van der Waals surface area contributed by atoms with Gasteiger partial charge in [0.05, 0.1) is 6.10 Å². The first-order valence-corrected chi connectivity index (χ1v) is 9.76. The molecule has 8 heteroatoms. The number of β-amino-alcohol motifs (C(OH)–C–C–N with tert-alkyl or cyclic N) is 1. The Balaban J connectivity index is 1.45. The molecule has 2 aliphatic heterocycles. The third-order valence-corrected chi connectivity index (χ3v) is 5.68. The lowest BCUT2D eigenvalue weighted by Crippen LogP contribution is -2.38. The first-order valence-electron chi connectivity index (χ1n) is 9.76. The number of piperidine rings is 1. The Labute approximate surface area is 160 Å². The van der Waals surface area contributed by atoms with Crippen LogP contribution in [-0.2, 0) is 0 Å². The standard InChI is InChI=1S/C19H29N7O/c1-24(2)11-15-9-16(27)12-26(15)19-10-18(20-13-21-19)25-7-4-14(5-8-25)17-3-6-22-23-17/h3,6,10,13-16,27H,4-5,7-9,11-12H2,1-2H3,(H,22,23)/t15-,16-/m1/s1. The van der Waals surface area contributed by atoms with Crippen LogP contribution in [-0.4, -0.2) is 82.6 Å². The summed E-state index contributed by atoms with van der Waals surface area (Å²) in [4.78, 5) is 15.8. The summed E-state index contributed by atoms with van der Waals surface area (Å²) in [7, 11) is 4.14. The molecule has 0 spiro atoms. The van der Waals surface area contributed by atoms with E-state index < -0.39 is 0 Å². The van der Waals surface area contributed by atoms with E-state index in [1.54, 1.807) is 6.33 Å². The van der Waals surface area contributed by atoms with Crippen molar-refractivity contribution in [2.45, 2.75) is 37.3 Å². The van der Waals surface area contributed by atoms with Crippen molar-refractivity contribution >= 4 is 11.6 Å². The highest BCUT2D eigenvalue weighted by molar-refractivity contribution is 5.52. The average Bonchev–Trinajstić information content (AvgIpc) is 3.31. The largest absolute Gasteiger partial charge is 0.391 e. The van der Waals surface area contributed by atoms with Gasteiger partial charge in [0.25, 0.3) is 0 Å². The minimum absolute atomic E-state index is 0.281. The van der Waals surface area contributed by atoms with Crippen LogP contribution in [0.5, 0.6) is 0 Å². The van der Waals surface area contributed by atoms with Gasteiger partial charge >= 0.3 is 0 Å². The molecule has 0 bridgehead atoms. The summed E-state index contributed by atoms with van der Waals surface area (Å²) in [5.41, 5.74) is 1.23. The Bertz CT molecular complexity index is 727. The fourth-order valence-electron chi connectivity index (χ4n) is 4.35. The van der Waals surface area contributed by atoms with Gasteiger partial charge in [0, 0.05) is 56.1 Å². The molecular weight excluding hydrogens is 342 g/mol. The number of nitrogens with one attached hydrogen (secondary N) is 1. The molecule has 0 aliphatic carbocycles. The quantitative estimate of drug-likeness (QED) is 0.814. The number of aromatic amines is 1. The van der Waals surface area contributed by atoms with Crippen LogP contribution in [0.2, 0.25) is 0 Å². The maximum Gasteiger partial charge on any atom is 0.134 e. The molecule has 27 heavy (non-hydrogen) atoms. The van der Waals surface area contributed by atoms with Gasteiger partial charge in [0.2, 0.25) is 0 Å². The predicted octanol–water partition coefficient (Wildman–Crippen LogP) is 1.08. The van der Waals surface area contributed by atoms with Crippen molar-refractivity contribution in [1.82, 2.24) is 25.1 Å². The van der Waals surface area contributed by atoms with Gasteiger partial charge in [-0.05, 0) is 39.4 Å². The monoisotopic (exact) mass is 371 g/mol. The smallest absolute Gasteiger partial charge is 0.134 e. The van der Waals surface area contributed by atoms with E-state index in [4.69, 9.17) is 0 Å². The third-order valence-electron chi connectivity index (χ3n) is 5.68. The van der Waals surface area contributed by atoms with Crippen LogP contribution in [0.4, 0.5) is 11.6 Å². The summed E-state index contributed by atoms with van der Waals surface area (Å²) in [5.74, 6) is 2.44. The van der Waals surface area contributed by atoms with Gasteiger partial charge in [-0.2, -0.15) is 5.10 Å². The fraction of sp³-hybridized carbons (Fsp3) is 0.632. The van der Waals surface area contributed by atoms with Crippen LogP contribution < -0.4 is 9.80 Å². The lowest BCUT2D eigenvalue weighted by molar-refractivity contribution is 0.191. The summed E-state index contributed by atoms with van der Waals surface area (Å²) in [5, 5.41) is 17.3. The number of rotatable bonds is 5. The fourth-order valence-corrected chi connectivity index (χ4v) is 4.35. The molecule has 2 saturated heterocycles. The average molecular weight is 371 g/mol. The number of aliphatic hydroxyl groups excluding tert-OH is 1.